The normalized spacial score (nSPS) is 21.3. The van der Waals surface area contributed by atoms with Crippen molar-refractivity contribution in [2.24, 2.45) is 17.8 Å². The van der Waals surface area contributed by atoms with Gasteiger partial charge in [0.05, 0.1) is 31.8 Å². The van der Waals surface area contributed by atoms with Gasteiger partial charge in [0.15, 0.2) is 0 Å². The third-order valence-corrected chi connectivity index (χ3v) is 8.15. The molecule has 0 radical (unpaired) electrons. The number of fused-ring (bicyclic) bond motifs is 2. The fourth-order valence-electron chi connectivity index (χ4n) is 6.23. The number of piperidine rings is 1. The van der Waals surface area contributed by atoms with Crippen LogP contribution in [0.1, 0.15) is 42.1 Å². The maximum atomic E-state index is 12.8. The first kappa shape index (κ1) is 24.7. The molecule has 3 atom stereocenters. The molecule has 1 aliphatic heterocycles. The van der Waals surface area contributed by atoms with E-state index in [1.807, 2.05) is 24.3 Å². The summed E-state index contributed by atoms with van der Waals surface area (Å²) in [6.07, 6.45) is 5.66. The Bertz CT molecular complexity index is 1190. The highest BCUT2D eigenvalue weighted by atomic mass is 16.5. The molecule has 1 aromatic heterocycles. The van der Waals surface area contributed by atoms with E-state index in [-0.39, 0.29) is 17.8 Å². The summed E-state index contributed by atoms with van der Waals surface area (Å²) in [4.78, 5) is 19.6. The fourth-order valence-corrected chi connectivity index (χ4v) is 6.23. The number of carbonyl (C=O) groups excluding carboxylic acids is 1. The van der Waals surface area contributed by atoms with Crippen LogP contribution in [-0.2, 0) is 22.4 Å². The second kappa shape index (κ2) is 11.0. The van der Waals surface area contributed by atoms with Crippen molar-refractivity contribution < 1.29 is 19.4 Å². The van der Waals surface area contributed by atoms with Crippen LogP contribution in [0.2, 0.25) is 0 Å². The standard InChI is InChI=1S/C30H36N2O4/c1-35-24-8-9-28-26(17-24)25(11-13-31-28)29(33)10-7-21-12-14-32(19-27(21)30(34)36-2)18-20-15-22-5-3-4-6-23(22)16-20/h3-6,8-9,11,13,17,20-21,27,29,33H,7,10,12,14-16,18-19H2,1-2H3. The highest BCUT2D eigenvalue weighted by molar-refractivity contribution is 5.83. The SMILES string of the molecule is COC(=O)C1CN(CC2Cc3ccccc3C2)CCC1CCC(O)c1ccnc2ccc(OC)cc12. The zero-order valence-electron chi connectivity index (χ0n) is 21.2. The summed E-state index contributed by atoms with van der Waals surface area (Å²) in [5, 5.41) is 12.0. The lowest BCUT2D eigenvalue weighted by Crippen LogP contribution is -2.46. The number of hydrogen-bond donors (Lipinski definition) is 1. The number of ether oxygens (including phenoxy) is 2. The summed E-state index contributed by atoms with van der Waals surface area (Å²) >= 11 is 0. The van der Waals surface area contributed by atoms with Crippen molar-refractivity contribution in [2.45, 2.75) is 38.2 Å². The van der Waals surface area contributed by atoms with E-state index in [1.165, 1.54) is 18.2 Å². The van der Waals surface area contributed by atoms with Gasteiger partial charge in [-0.15, -0.1) is 0 Å². The van der Waals surface area contributed by atoms with Gasteiger partial charge in [-0.1, -0.05) is 24.3 Å². The van der Waals surface area contributed by atoms with E-state index in [0.717, 1.165) is 67.5 Å². The van der Waals surface area contributed by atoms with Crippen molar-refractivity contribution in [1.29, 1.82) is 0 Å². The predicted molar refractivity (Wildman–Crippen MR) is 140 cm³/mol. The first-order valence-electron chi connectivity index (χ1n) is 13.0. The van der Waals surface area contributed by atoms with E-state index in [9.17, 15) is 9.90 Å². The van der Waals surface area contributed by atoms with Gasteiger partial charge in [-0.2, -0.15) is 0 Å². The lowest BCUT2D eigenvalue weighted by Gasteiger charge is -2.38. The summed E-state index contributed by atoms with van der Waals surface area (Å²) < 4.78 is 10.6. The molecule has 1 saturated heterocycles. The number of likely N-dealkylation sites (tertiary alicyclic amines) is 1. The molecule has 1 N–H and O–H groups in total. The van der Waals surface area contributed by atoms with Crippen molar-refractivity contribution >= 4 is 16.9 Å². The fraction of sp³-hybridized carbons (Fsp3) is 0.467. The number of pyridine rings is 1. The number of rotatable bonds is 8. The quantitative estimate of drug-likeness (QED) is 0.468. The molecule has 0 bridgehead atoms. The van der Waals surface area contributed by atoms with Gasteiger partial charge in [-0.25, -0.2) is 0 Å². The minimum absolute atomic E-state index is 0.131. The average Bonchev–Trinajstić information content (AvgIpc) is 3.33. The van der Waals surface area contributed by atoms with E-state index in [0.29, 0.717) is 12.3 Å². The monoisotopic (exact) mass is 488 g/mol. The number of benzene rings is 2. The lowest BCUT2D eigenvalue weighted by atomic mass is 9.81. The summed E-state index contributed by atoms with van der Waals surface area (Å²) in [5.41, 5.74) is 4.63. The third kappa shape index (κ3) is 5.25. The summed E-state index contributed by atoms with van der Waals surface area (Å²) in [7, 11) is 3.12. The van der Waals surface area contributed by atoms with Crippen LogP contribution in [0.5, 0.6) is 5.75 Å². The van der Waals surface area contributed by atoms with Crippen LogP contribution in [-0.4, -0.2) is 54.8 Å². The number of aliphatic hydroxyl groups is 1. The molecule has 0 spiro atoms. The van der Waals surface area contributed by atoms with Gasteiger partial charge >= 0.3 is 5.97 Å². The number of methoxy groups -OCH3 is 2. The molecule has 1 aliphatic carbocycles. The zero-order valence-corrected chi connectivity index (χ0v) is 21.2. The molecule has 190 valence electrons. The Hall–Kier alpha value is -2.96. The van der Waals surface area contributed by atoms with Gasteiger partial charge in [-0.05, 0) is 91.4 Å². The average molecular weight is 489 g/mol. The highest BCUT2D eigenvalue weighted by Gasteiger charge is 2.36. The molecule has 2 aromatic carbocycles. The Labute approximate surface area is 213 Å². The first-order chi connectivity index (χ1) is 17.6. The number of hydrogen-bond acceptors (Lipinski definition) is 6. The number of aliphatic hydroxyl groups excluding tert-OH is 1. The van der Waals surface area contributed by atoms with Crippen molar-refractivity contribution in [3.8, 4) is 5.75 Å². The van der Waals surface area contributed by atoms with Gasteiger partial charge in [-0.3, -0.25) is 9.78 Å². The number of carbonyl (C=O) groups is 1. The predicted octanol–water partition coefficient (Wildman–Crippen LogP) is 4.58. The lowest BCUT2D eigenvalue weighted by molar-refractivity contribution is -0.150. The van der Waals surface area contributed by atoms with E-state index in [4.69, 9.17) is 9.47 Å². The largest absolute Gasteiger partial charge is 0.497 e. The van der Waals surface area contributed by atoms with E-state index < -0.39 is 6.10 Å². The van der Waals surface area contributed by atoms with Crippen LogP contribution in [0.4, 0.5) is 0 Å². The van der Waals surface area contributed by atoms with Gasteiger partial charge in [0.25, 0.3) is 0 Å². The zero-order chi connectivity index (χ0) is 25.1. The summed E-state index contributed by atoms with van der Waals surface area (Å²) in [5.74, 6) is 1.26. The molecule has 2 aliphatic rings. The topological polar surface area (TPSA) is 71.9 Å². The minimum atomic E-state index is -0.629. The van der Waals surface area contributed by atoms with E-state index >= 15 is 0 Å². The molecule has 0 saturated carbocycles. The van der Waals surface area contributed by atoms with Crippen LogP contribution in [0.25, 0.3) is 10.9 Å². The van der Waals surface area contributed by atoms with Gasteiger partial charge in [0, 0.05) is 24.7 Å². The minimum Gasteiger partial charge on any atom is -0.497 e. The number of aromatic nitrogens is 1. The van der Waals surface area contributed by atoms with Gasteiger partial charge in [0.2, 0.25) is 0 Å². The molecule has 3 unspecified atom stereocenters. The molecule has 0 amide bonds. The van der Waals surface area contributed by atoms with Crippen molar-refractivity contribution in [2.75, 3.05) is 33.9 Å². The Morgan fingerprint density at radius 3 is 2.64 bits per heavy atom. The Morgan fingerprint density at radius 1 is 1.14 bits per heavy atom. The first-order valence-corrected chi connectivity index (χ1v) is 13.0. The summed E-state index contributed by atoms with van der Waals surface area (Å²) in [6.45, 7) is 2.73. The molecular weight excluding hydrogens is 452 g/mol. The van der Waals surface area contributed by atoms with Crippen molar-refractivity contribution in [3.05, 3.63) is 71.4 Å². The van der Waals surface area contributed by atoms with Crippen LogP contribution >= 0.6 is 0 Å². The summed E-state index contributed by atoms with van der Waals surface area (Å²) in [6, 6.07) is 16.3. The maximum Gasteiger partial charge on any atom is 0.310 e. The van der Waals surface area contributed by atoms with Gasteiger partial charge < -0.3 is 19.5 Å². The molecular formula is C30H36N2O4. The van der Waals surface area contributed by atoms with Gasteiger partial charge in [0.1, 0.15) is 5.75 Å². The molecule has 2 heterocycles. The Balaban J connectivity index is 1.22. The second-order valence-electron chi connectivity index (χ2n) is 10.4. The molecule has 6 heteroatoms. The van der Waals surface area contributed by atoms with Crippen LogP contribution in [0.3, 0.4) is 0 Å². The second-order valence-corrected chi connectivity index (χ2v) is 10.4. The Kier molecular flexibility index (Phi) is 7.54. The number of esters is 1. The van der Waals surface area contributed by atoms with Crippen molar-refractivity contribution in [3.63, 3.8) is 0 Å². The molecule has 36 heavy (non-hydrogen) atoms. The maximum absolute atomic E-state index is 12.8. The van der Waals surface area contributed by atoms with Crippen LogP contribution in [0.15, 0.2) is 54.7 Å². The molecule has 1 fully saturated rings. The highest BCUT2D eigenvalue weighted by Crippen LogP contribution is 2.35. The third-order valence-electron chi connectivity index (χ3n) is 8.15. The van der Waals surface area contributed by atoms with Crippen molar-refractivity contribution in [1.82, 2.24) is 9.88 Å². The molecule has 5 rings (SSSR count). The Morgan fingerprint density at radius 2 is 1.92 bits per heavy atom. The molecule has 6 nitrogen and oxygen atoms in total. The van der Waals surface area contributed by atoms with Crippen LogP contribution in [0, 0.1) is 17.8 Å². The number of nitrogens with zero attached hydrogens (tertiary/aromatic N) is 2. The van der Waals surface area contributed by atoms with E-state index in [2.05, 4.69) is 34.1 Å². The van der Waals surface area contributed by atoms with E-state index in [1.54, 1.807) is 13.3 Å². The smallest absolute Gasteiger partial charge is 0.310 e. The molecule has 3 aromatic rings. The van der Waals surface area contributed by atoms with Crippen LogP contribution < -0.4 is 4.74 Å².